The fourth-order valence-electron chi connectivity index (χ4n) is 1.66. The van der Waals surface area contributed by atoms with Crippen molar-refractivity contribution in [1.82, 2.24) is 0 Å². The second kappa shape index (κ2) is 3.36. The van der Waals surface area contributed by atoms with Gasteiger partial charge in [-0.2, -0.15) is 13.2 Å². The highest BCUT2D eigenvalue weighted by Gasteiger charge is 2.58. The van der Waals surface area contributed by atoms with Crippen LogP contribution in [0.25, 0.3) is 0 Å². The molecule has 0 aromatic heterocycles. The number of hydrogen-bond donors (Lipinski definition) is 0. The molecule has 0 amide bonds. The van der Waals surface area contributed by atoms with Gasteiger partial charge in [0.1, 0.15) is 0 Å². The Morgan fingerprint density at radius 3 is 2.27 bits per heavy atom. The van der Waals surface area contributed by atoms with Gasteiger partial charge in [-0.05, 0) is 6.42 Å². The summed E-state index contributed by atoms with van der Waals surface area (Å²) in [6.07, 6.45) is -4.29. The van der Waals surface area contributed by atoms with Crippen LogP contribution in [0.15, 0.2) is 30.3 Å². The van der Waals surface area contributed by atoms with Crippen molar-refractivity contribution in [3.05, 3.63) is 35.9 Å². The molecule has 1 aromatic carbocycles. The van der Waals surface area contributed by atoms with Crippen molar-refractivity contribution in [2.45, 2.75) is 12.6 Å². The molecule has 2 atom stereocenters. The van der Waals surface area contributed by atoms with E-state index >= 15 is 0 Å². The van der Waals surface area contributed by atoms with E-state index in [2.05, 4.69) is 0 Å². The quantitative estimate of drug-likeness (QED) is 0.691. The summed E-state index contributed by atoms with van der Waals surface area (Å²) in [7, 11) is 0. The number of hydrogen-bond acceptors (Lipinski definition) is 1. The maximum absolute atomic E-state index is 12.2. The summed E-state index contributed by atoms with van der Waals surface area (Å²) >= 11 is 0. The standard InChI is InChI=1S/C11H9F3O/c12-11(13,14)9-6-8(9)10(15)7-4-2-1-3-5-7/h1-5,8-9H,6H2/t8-,9-/m1/s1. The lowest BCUT2D eigenvalue weighted by Crippen LogP contribution is -2.15. The predicted molar refractivity (Wildman–Crippen MR) is 48.4 cm³/mol. The van der Waals surface area contributed by atoms with Crippen molar-refractivity contribution in [3.63, 3.8) is 0 Å². The molecule has 1 aliphatic carbocycles. The summed E-state index contributed by atoms with van der Waals surface area (Å²) < 4.78 is 36.6. The van der Waals surface area contributed by atoms with Crippen LogP contribution in [0.3, 0.4) is 0 Å². The Morgan fingerprint density at radius 2 is 1.80 bits per heavy atom. The van der Waals surface area contributed by atoms with Crippen LogP contribution in [0.1, 0.15) is 16.8 Å². The van der Waals surface area contributed by atoms with Gasteiger partial charge in [0, 0.05) is 11.5 Å². The van der Waals surface area contributed by atoms with Gasteiger partial charge in [0.25, 0.3) is 0 Å². The van der Waals surface area contributed by atoms with Gasteiger partial charge in [0.15, 0.2) is 5.78 Å². The van der Waals surface area contributed by atoms with Gasteiger partial charge in [0.05, 0.1) is 5.92 Å². The summed E-state index contributed by atoms with van der Waals surface area (Å²) in [5.74, 6) is -2.67. The first-order valence-corrected chi connectivity index (χ1v) is 4.66. The van der Waals surface area contributed by atoms with Crippen LogP contribution in [-0.4, -0.2) is 12.0 Å². The fraction of sp³-hybridized carbons (Fsp3) is 0.364. The third-order valence-corrected chi connectivity index (χ3v) is 2.61. The maximum Gasteiger partial charge on any atom is 0.392 e. The Labute approximate surface area is 84.9 Å². The SMILES string of the molecule is O=C(c1ccccc1)[C@@H]1C[C@H]1C(F)(F)F. The zero-order valence-electron chi connectivity index (χ0n) is 7.79. The van der Waals surface area contributed by atoms with E-state index in [0.29, 0.717) is 5.56 Å². The monoisotopic (exact) mass is 214 g/mol. The second-order valence-corrected chi connectivity index (χ2v) is 3.72. The number of benzene rings is 1. The van der Waals surface area contributed by atoms with E-state index in [1.165, 1.54) is 0 Å². The smallest absolute Gasteiger partial charge is 0.294 e. The molecule has 1 aliphatic rings. The van der Waals surface area contributed by atoms with Crippen molar-refractivity contribution in [1.29, 1.82) is 0 Å². The Balaban J connectivity index is 2.07. The van der Waals surface area contributed by atoms with E-state index in [9.17, 15) is 18.0 Å². The zero-order valence-corrected chi connectivity index (χ0v) is 7.79. The summed E-state index contributed by atoms with van der Waals surface area (Å²) in [6.45, 7) is 0. The molecule has 0 aliphatic heterocycles. The van der Waals surface area contributed by atoms with Crippen molar-refractivity contribution >= 4 is 5.78 Å². The molecule has 0 bridgehead atoms. The summed E-state index contributed by atoms with van der Waals surface area (Å²) in [5, 5.41) is 0. The van der Waals surface area contributed by atoms with Crippen LogP contribution in [-0.2, 0) is 0 Å². The molecule has 80 valence electrons. The van der Waals surface area contributed by atoms with Gasteiger partial charge >= 0.3 is 6.18 Å². The minimum atomic E-state index is -4.23. The molecule has 0 N–H and O–H groups in total. The Bertz CT molecular complexity index is 369. The van der Waals surface area contributed by atoms with Crippen molar-refractivity contribution in [2.24, 2.45) is 11.8 Å². The third kappa shape index (κ3) is 2.03. The van der Waals surface area contributed by atoms with Crippen LogP contribution in [0.2, 0.25) is 0 Å². The van der Waals surface area contributed by atoms with Crippen molar-refractivity contribution < 1.29 is 18.0 Å². The molecular weight excluding hydrogens is 205 g/mol. The zero-order chi connectivity index (χ0) is 11.1. The maximum atomic E-state index is 12.2. The number of halogens is 3. The lowest BCUT2D eigenvalue weighted by Gasteiger charge is -2.04. The molecule has 15 heavy (non-hydrogen) atoms. The third-order valence-electron chi connectivity index (χ3n) is 2.61. The Morgan fingerprint density at radius 1 is 1.20 bits per heavy atom. The lowest BCUT2D eigenvalue weighted by molar-refractivity contribution is -0.149. The molecule has 1 nitrogen and oxygen atoms in total. The van der Waals surface area contributed by atoms with Gasteiger partial charge in [-0.25, -0.2) is 0 Å². The number of ketones is 1. The fourth-order valence-corrected chi connectivity index (χ4v) is 1.66. The van der Waals surface area contributed by atoms with E-state index in [0.717, 1.165) is 0 Å². The van der Waals surface area contributed by atoms with E-state index < -0.39 is 23.8 Å². The van der Waals surface area contributed by atoms with E-state index in [1.54, 1.807) is 30.3 Å². The van der Waals surface area contributed by atoms with Crippen LogP contribution in [0.4, 0.5) is 13.2 Å². The molecule has 0 unspecified atom stereocenters. The molecule has 2 rings (SSSR count). The topological polar surface area (TPSA) is 17.1 Å². The minimum Gasteiger partial charge on any atom is -0.294 e. The first kappa shape index (κ1) is 10.2. The summed E-state index contributed by atoms with van der Waals surface area (Å²) in [4.78, 5) is 11.6. The first-order chi connectivity index (χ1) is 7.00. The van der Waals surface area contributed by atoms with Crippen LogP contribution < -0.4 is 0 Å². The van der Waals surface area contributed by atoms with Crippen LogP contribution in [0, 0.1) is 11.8 Å². The molecule has 0 spiro atoms. The van der Waals surface area contributed by atoms with Crippen LogP contribution >= 0.6 is 0 Å². The number of carbonyl (C=O) groups is 1. The van der Waals surface area contributed by atoms with Gasteiger partial charge in [-0.1, -0.05) is 30.3 Å². The first-order valence-electron chi connectivity index (χ1n) is 4.66. The average Bonchev–Trinajstić information content (AvgIpc) is 2.97. The van der Waals surface area contributed by atoms with Gasteiger partial charge in [-0.15, -0.1) is 0 Å². The van der Waals surface area contributed by atoms with Crippen molar-refractivity contribution in [2.75, 3.05) is 0 Å². The van der Waals surface area contributed by atoms with E-state index in [4.69, 9.17) is 0 Å². The molecule has 1 fully saturated rings. The highest BCUT2D eigenvalue weighted by Crippen LogP contribution is 2.51. The Hall–Kier alpha value is -1.32. The molecular formula is C11H9F3O. The largest absolute Gasteiger partial charge is 0.392 e. The average molecular weight is 214 g/mol. The van der Waals surface area contributed by atoms with Gasteiger partial charge in [0.2, 0.25) is 0 Å². The molecule has 0 saturated heterocycles. The predicted octanol–water partition coefficient (Wildman–Crippen LogP) is 3.07. The van der Waals surface area contributed by atoms with Gasteiger partial charge < -0.3 is 0 Å². The number of alkyl halides is 3. The van der Waals surface area contributed by atoms with Gasteiger partial charge in [-0.3, -0.25) is 4.79 Å². The number of Topliss-reactive ketones (excluding diaryl/α,β-unsaturated/α-hetero) is 1. The van der Waals surface area contributed by atoms with E-state index in [-0.39, 0.29) is 6.42 Å². The van der Waals surface area contributed by atoms with Crippen LogP contribution in [0.5, 0.6) is 0 Å². The minimum absolute atomic E-state index is 0.0583. The second-order valence-electron chi connectivity index (χ2n) is 3.72. The summed E-state index contributed by atoms with van der Waals surface area (Å²) in [5.41, 5.74) is 0.370. The highest BCUT2D eigenvalue weighted by molar-refractivity contribution is 5.99. The normalized spacial score (nSPS) is 25.0. The highest BCUT2D eigenvalue weighted by atomic mass is 19.4. The van der Waals surface area contributed by atoms with E-state index in [1.807, 2.05) is 0 Å². The lowest BCUT2D eigenvalue weighted by atomic mass is 10.1. The molecule has 0 heterocycles. The number of rotatable bonds is 2. The molecule has 1 saturated carbocycles. The molecule has 0 radical (unpaired) electrons. The van der Waals surface area contributed by atoms with Crippen molar-refractivity contribution in [3.8, 4) is 0 Å². The summed E-state index contributed by atoms with van der Waals surface area (Å²) in [6, 6.07) is 8.13. The number of carbonyl (C=O) groups excluding carboxylic acids is 1. The molecule has 4 heteroatoms. The molecule has 1 aromatic rings. The Kier molecular flexibility index (Phi) is 2.29.